The fourth-order valence-electron chi connectivity index (χ4n) is 1.54. The summed E-state index contributed by atoms with van der Waals surface area (Å²) >= 11 is 12.0. The molecule has 0 aliphatic heterocycles. The molecular weight excluding hydrogens is 245 g/mol. The Labute approximate surface area is 104 Å². The Morgan fingerprint density at radius 3 is 2.44 bits per heavy atom. The topological polar surface area (TPSA) is 43.8 Å². The number of anilines is 1. The Bertz CT molecular complexity index is 546. The van der Waals surface area contributed by atoms with Gasteiger partial charge >= 0.3 is 0 Å². The summed E-state index contributed by atoms with van der Waals surface area (Å²) in [6, 6.07) is 5.28. The molecule has 0 amide bonds. The van der Waals surface area contributed by atoms with Crippen LogP contribution in [0.5, 0.6) is 0 Å². The summed E-state index contributed by atoms with van der Waals surface area (Å²) < 4.78 is 1.73. The highest BCUT2D eigenvalue weighted by atomic mass is 35.5. The van der Waals surface area contributed by atoms with Crippen molar-refractivity contribution in [3.05, 3.63) is 39.6 Å². The van der Waals surface area contributed by atoms with Gasteiger partial charge < -0.3 is 5.73 Å². The summed E-state index contributed by atoms with van der Waals surface area (Å²) in [5.41, 5.74) is 9.01. The van der Waals surface area contributed by atoms with Gasteiger partial charge in [0.1, 0.15) is 0 Å². The quantitative estimate of drug-likeness (QED) is 0.849. The molecule has 0 aliphatic rings. The highest BCUT2D eigenvalue weighted by Gasteiger charge is 2.12. The summed E-state index contributed by atoms with van der Waals surface area (Å²) in [4.78, 5) is 0. The number of benzene rings is 1. The molecule has 3 nitrogen and oxygen atoms in total. The Kier molecular flexibility index (Phi) is 2.82. The van der Waals surface area contributed by atoms with Gasteiger partial charge in [-0.05, 0) is 32.0 Å². The first-order chi connectivity index (χ1) is 7.50. The smallest absolute Gasteiger partial charge is 0.0836 e. The SMILES string of the molecule is Cc1nn(-c2ccc(Cl)cc2Cl)c(C)c1N. The van der Waals surface area contributed by atoms with E-state index in [4.69, 9.17) is 28.9 Å². The van der Waals surface area contributed by atoms with Crippen LogP contribution in [0.1, 0.15) is 11.4 Å². The van der Waals surface area contributed by atoms with Gasteiger partial charge in [-0.15, -0.1) is 0 Å². The lowest BCUT2D eigenvalue weighted by atomic mass is 10.3. The molecule has 0 saturated carbocycles. The Morgan fingerprint density at radius 1 is 1.25 bits per heavy atom. The molecule has 0 saturated heterocycles. The summed E-state index contributed by atoms with van der Waals surface area (Å²) in [7, 11) is 0. The van der Waals surface area contributed by atoms with Crippen LogP contribution in [-0.4, -0.2) is 9.78 Å². The number of aryl methyl sites for hydroxylation is 1. The monoisotopic (exact) mass is 255 g/mol. The molecule has 2 rings (SSSR count). The molecular formula is C11H11Cl2N3. The standard InChI is InChI=1S/C11H11Cl2N3/c1-6-11(14)7(2)16(15-6)10-4-3-8(12)5-9(10)13/h3-5H,14H2,1-2H3. The van der Waals surface area contributed by atoms with Crippen LogP contribution in [0.2, 0.25) is 10.0 Å². The van der Waals surface area contributed by atoms with E-state index in [1.165, 1.54) is 0 Å². The lowest BCUT2D eigenvalue weighted by Crippen LogP contribution is -2.00. The molecule has 2 aromatic rings. The normalized spacial score (nSPS) is 10.8. The first kappa shape index (κ1) is 11.3. The predicted molar refractivity (Wildman–Crippen MR) is 67.5 cm³/mol. The van der Waals surface area contributed by atoms with Gasteiger partial charge in [0.15, 0.2) is 0 Å². The molecule has 1 aromatic heterocycles. The molecule has 1 aromatic carbocycles. The molecule has 1 heterocycles. The Morgan fingerprint density at radius 2 is 1.94 bits per heavy atom. The third-order valence-corrected chi connectivity index (χ3v) is 3.02. The molecule has 0 bridgehead atoms. The van der Waals surface area contributed by atoms with Crippen molar-refractivity contribution >= 4 is 28.9 Å². The fourth-order valence-corrected chi connectivity index (χ4v) is 2.03. The van der Waals surface area contributed by atoms with Crippen LogP contribution >= 0.6 is 23.2 Å². The molecule has 0 fully saturated rings. The number of halogens is 2. The number of hydrogen-bond acceptors (Lipinski definition) is 2. The zero-order chi connectivity index (χ0) is 11.9. The minimum absolute atomic E-state index is 0.554. The third-order valence-electron chi connectivity index (χ3n) is 2.49. The maximum absolute atomic E-state index is 6.11. The largest absolute Gasteiger partial charge is 0.396 e. The van der Waals surface area contributed by atoms with Gasteiger partial charge in [-0.25, -0.2) is 4.68 Å². The molecule has 0 unspecified atom stereocenters. The number of rotatable bonds is 1. The number of nitrogen functional groups attached to an aromatic ring is 1. The van der Waals surface area contributed by atoms with Crippen LogP contribution in [0.25, 0.3) is 5.69 Å². The van der Waals surface area contributed by atoms with E-state index in [-0.39, 0.29) is 0 Å². The van der Waals surface area contributed by atoms with Gasteiger partial charge in [-0.3, -0.25) is 0 Å². The van der Waals surface area contributed by atoms with Crippen molar-refractivity contribution in [2.75, 3.05) is 5.73 Å². The second-order valence-corrected chi connectivity index (χ2v) is 4.44. The fraction of sp³-hybridized carbons (Fsp3) is 0.182. The average Bonchev–Trinajstić information content (AvgIpc) is 2.46. The highest BCUT2D eigenvalue weighted by molar-refractivity contribution is 6.35. The van der Waals surface area contributed by atoms with Gasteiger partial charge in [-0.2, -0.15) is 5.10 Å². The van der Waals surface area contributed by atoms with Crippen LogP contribution in [0.15, 0.2) is 18.2 Å². The predicted octanol–water partition coefficient (Wildman–Crippen LogP) is 3.38. The van der Waals surface area contributed by atoms with Gasteiger partial charge in [0.25, 0.3) is 0 Å². The summed E-state index contributed by atoms with van der Waals surface area (Å²) in [5, 5.41) is 5.49. The van der Waals surface area contributed by atoms with Crippen molar-refractivity contribution in [2.45, 2.75) is 13.8 Å². The average molecular weight is 256 g/mol. The summed E-state index contributed by atoms with van der Waals surface area (Å²) in [6.45, 7) is 3.77. The van der Waals surface area contributed by atoms with E-state index < -0.39 is 0 Å². The molecule has 0 aliphatic carbocycles. The van der Waals surface area contributed by atoms with Crippen LogP contribution in [0.4, 0.5) is 5.69 Å². The van der Waals surface area contributed by atoms with E-state index in [9.17, 15) is 0 Å². The lowest BCUT2D eigenvalue weighted by Gasteiger charge is -2.06. The number of hydrogen-bond donors (Lipinski definition) is 1. The second kappa shape index (κ2) is 4.00. The number of nitrogens with two attached hydrogens (primary N) is 1. The Balaban J connectivity index is 2.63. The van der Waals surface area contributed by atoms with Crippen LogP contribution < -0.4 is 5.73 Å². The third kappa shape index (κ3) is 1.77. The van der Waals surface area contributed by atoms with Gasteiger partial charge in [0, 0.05) is 5.02 Å². The first-order valence-corrected chi connectivity index (χ1v) is 5.53. The second-order valence-electron chi connectivity index (χ2n) is 3.59. The maximum atomic E-state index is 6.11. The van der Waals surface area contributed by atoms with E-state index in [1.807, 2.05) is 19.9 Å². The highest BCUT2D eigenvalue weighted by Crippen LogP contribution is 2.27. The van der Waals surface area contributed by atoms with Gasteiger partial charge in [-0.1, -0.05) is 23.2 Å². The molecule has 2 N–H and O–H groups in total. The summed E-state index contributed by atoms with van der Waals surface area (Å²) in [5.74, 6) is 0. The van der Waals surface area contributed by atoms with E-state index in [0.717, 1.165) is 17.1 Å². The van der Waals surface area contributed by atoms with Crippen molar-refractivity contribution in [3.63, 3.8) is 0 Å². The van der Waals surface area contributed by atoms with Crippen LogP contribution in [0, 0.1) is 13.8 Å². The molecule has 0 atom stereocenters. The van der Waals surface area contributed by atoms with Crippen LogP contribution in [-0.2, 0) is 0 Å². The molecule has 16 heavy (non-hydrogen) atoms. The van der Waals surface area contributed by atoms with E-state index in [0.29, 0.717) is 15.7 Å². The summed E-state index contributed by atoms with van der Waals surface area (Å²) in [6.07, 6.45) is 0. The van der Waals surface area contributed by atoms with Gasteiger partial charge in [0.2, 0.25) is 0 Å². The van der Waals surface area contributed by atoms with E-state index in [2.05, 4.69) is 5.10 Å². The van der Waals surface area contributed by atoms with E-state index in [1.54, 1.807) is 16.8 Å². The zero-order valence-corrected chi connectivity index (χ0v) is 10.5. The van der Waals surface area contributed by atoms with E-state index >= 15 is 0 Å². The maximum Gasteiger partial charge on any atom is 0.0836 e. The lowest BCUT2D eigenvalue weighted by molar-refractivity contribution is 0.834. The van der Waals surface area contributed by atoms with Crippen LogP contribution in [0.3, 0.4) is 0 Å². The van der Waals surface area contributed by atoms with Crippen molar-refractivity contribution in [2.24, 2.45) is 0 Å². The first-order valence-electron chi connectivity index (χ1n) is 4.78. The molecule has 0 radical (unpaired) electrons. The van der Waals surface area contributed by atoms with Crippen molar-refractivity contribution in [1.82, 2.24) is 9.78 Å². The van der Waals surface area contributed by atoms with Crippen molar-refractivity contribution in [3.8, 4) is 5.69 Å². The van der Waals surface area contributed by atoms with Gasteiger partial charge in [0.05, 0.1) is 27.8 Å². The minimum atomic E-state index is 0.554. The van der Waals surface area contributed by atoms with Crippen molar-refractivity contribution in [1.29, 1.82) is 0 Å². The molecule has 0 spiro atoms. The minimum Gasteiger partial charge on any atom is -0.396 e. The zero-order valence-electron chi connectivity index (χ0n) is 8.96. The molecule has 5 heteroatoms. The Hall–Kier alpha value is -1.19. The molecule has 84 valence electrons. The number of aromatic nitrogens is 2. The number of nitrogens with zero attached hydrogens (tertiary/aromatic N) is 2. The van der Waals surface area contributed by atoms with Crippen molar-refractivity contribution < 1.29 is 0 Å².